The van der Waals surface area contributed by atoms with E-state index < -0.39 is 18.1 Å². The van der Waals surface area contributed by atoms with Gasteiger partial charge in [0.1, 0.15) is 41.9 Å². The zero-order valence-electron chi connectivity index (χ0n) is 18.2. The van der Waals surface area contributed by atoms with Crippen LogP contribution in [0.1, 0.15) is 25.7 Å². The van der Waals surface area contributed by atoms with E-state index in [0.717, 1.165) is 6.29 Å². The van der Waals surface area contributed by atoms with Gasteiger partial charge in [0.25, 0.3) is 5.56 Å². The summed E-state index contributed by atoms with van der Waals surface area (Å²) in [6, 6.07) is 4.60. The van der Waals surface area contributed by atoms with Gasteiger partial charge in [0.15, 0.2) is 0 Å². The number of benzene rings is 1. The number of aliphatic imine (C=N–C) groups is 2. The van der Waals surface area contributed by atoms with Crippen LogP contribution in [0, 0.1) is 5.92 Å². The number of hydrogen-bond acceptors (Lipinski definition) is 7. The van der Waals surface area contributed by atoms with Crippen LogP contribution in [-0.2, 0) is 4.79 Å². The first-order chi connectivity index (χ1) is 16.0. The van der Waals surface area contributed by atoms with Gasteiger partial charge in [0, 0.05) is 6.54 Å². The number of dihydropyridines is 1. The summed E-state index contributed by atoms with van der Waals surface area (Å²) >= 11 is 6.35. The van der Waals surface area contributed by atoms with E-state index in [1.807, 2.05) is 32.1 Å². The molecule has 3 atom stereocenters. The molecule has 0 bridgehead atoms. The van der Waals surface area contributed by atoms with Gasteiger partial charge < -0.3 is 20.7 Å². The van der Waals surface area contributed by atoms with Crippen molar-refractivity contribution in [2.24, 2.45) is 15.9 Å². The number of fused-ring (bicyclic) bond motifs is 1. The predicted molar refractivity (Wildman–Crippen MR) is 131 cm³/mol. The van der Waals surface area contributed by atoms with E-state index in [0.29, 0.717) is 40.0 Å². The first kappa shape index (κ1) is 22.5. The molecule has 0 saturated heterocycles. The maximum absolute atomic E-state index is 13.5. The van der Waals surface area contributed by atoms with E-state index >= 15 is 0 Å². The second-order valence-electron chi connectivity index (χ2n) is 7.49. The van der Waals surface area contributed by atoms with E-state index in [1.165, 1.54) is 10.9 Å². The van der Waals surface area contributed by atoms with Crippen LogP contribution < -0.4 is 21.5 Å². The highest BCUT2D eigenvalue weighted by Gasteiger charge is 2.29. The fourth-order valence-corrected chi connectivity index (χ4v) is 3.97. The standard InChI is InChI=1S/C23H24ClN7O2/c1-3-10-26-20-15(12-32)21(28-13-27-20)29-14(2)22-30-17-8-6-7-16(24)19(17)23(33)31(22)18-9-4-5-11-25-18/h3-10,12-15,20,25-26H,11H2,1-2H3,(H,27,28,29)/b10-3-. The molecule has 3 heterocycles. The molecule has 0 saturated carbocycles. The smallest absolute Gasteiger partial charge is 0.268 e. The molecule has 3 N–H and O–H groups in total. The van der Waals surface area contributed by atoms with E-state index in [4.69, 9.17) is 21.6 Å². The molecule has 0 aliphatic carbocycles. The van der Waals surface area contributed by atoms with Crippen LogP contribution in [0.5, 0.6) is 0 Å². The van der Waals surface area contributed by atoms with Crippen LogP contribution in [-0.4, -0.2) is 40.7 Å². The lowest BCUT2D eigenvalue weighted by Crippen LogP contribution is -2.47. The van der Waals surface area contributed by atoms with Crippen molar-refractivity contribution in [3.63, 3.8) is 0 Å². The molecule has 33 heavy (non-hydrogen) atoms. The van der Waals surface area contributed by atoms with Crippen LogP contribution in [0.3, 0.4) is 0 Å². The molecule has 3 unspecified atom stereocenters. The Balaban J connectivity index is 1.84. The second kappa shape index (κ2) is 9.83. The minimum atomic E-state index is -0.626. The van der Waals surface area contributed by atoms with E-state index in [1.54, 1.807) is 30.5 Å². The van der Waals surface area contributed by atoms with Gasteiger partial charge in [-0.2, -0.15) is 0 Å². The molecule has 2 aliphatic rings. The molecule has 0 spiro atoms. The molecular formula is C23H24ClN7O2. The van der Waals surface area contributed by atoms with E-state index in [2.05, 4.69) is 20.9 Å². The summed E-state index contributed by atoms with van der Waals surface area (Å²) in [4.78, 5) is 39.2. The number of aldehydes is 1. The largest absolute Gasteiger partial charge is 0.369 e. The molecule has 170 valence electrons. The summed E-state index contributed by atoms with van der Waals surface area (Å²) in [6.45, 7) is 4.26. The fraction of sp³-hybridized carbons (Fsp3) is 0.261. The average Bonchev–Trinajstić information content (AvgIpc) is 2.83. The Morgan fingerprint density at radius 1 is 1.39 bits per heavy atom. The summed E-state index contributed by atoms with van der Waals surface area (Å²) in [7, 11) is 0. The molecule has 1 aromatic heterocycles. The van der Waals surface area contributed by atoms with Crippen molar-refractivity contribution < 1.29 is 4.79 Å². The minimum absolute atomic E-state index is 0.292. The Labute approximate surface area is 195 Å². The minimum Gasteiger partial charge on any atom is -0.369 e. The normalized spacial score (nSPS) is 22.2. The van der Waals surface area contributed by atoms with Gasteiger partial charge >= 0.3 is 0 Å². The lowest BCUT2D eigenvalue weighted by atomic mass is 10.1. The number of rotatable bonds is 6. The predicted octanol–water partition coefficient (Wildman–Crippen LogP) is 2.36. The zero-order valence-corrected chi connectivity index (χ0v) is 19.0. The van der Waals surface area contributed by atoms with Crippen molar-refractivity contribution in [1.29, 1.82) is 0 Å². The Morgan fingerprint density at radius 3 is 2.97 bits per heavy atom. The topological polar surface area (TPSA) is 113 Å². The monoisotopic (exact) mass is 465 g/mol. The lowest BCUT2D eigenvalue weighted by Gasteiger charge is -2.26. The Morgan fingerprint density at radius 2 is 2.24 bits per heavy atom. The fourth-order valence-electron chi connectivity index (χ4n) is 3.72. The van der Waals surface area contributed by atoms with Gasteiger partial charge in [-0.1, -0.05) is 35.9 Å². The van der Waals surface area contributed by atoms with Crippen molar-refractivity contribution >= 4 is 46.8 Å². The molecule has 0 radical (unpaired) electrons. The van der Waals surface area contributed by atoms with Crippen molar-refractivity contribution in [3.05, 3.63) is 69.9 Å². The van der Waals surface area contributed by atoms with Gasteiger partial charge in [-0.15, -0.1) is 0 Å². The van der Waals surface area contributed by atoms with Gasteiger partial charge in [-0.3, -0.25) is 9.79 Å². The summed E-state index contributed by atoms with van der Waals surface area (Å²) in [5.41, 5.74) is 0.190. The highest BCUT2D eigenvalue weighted by Crippen LogP contribution is 2.24. The third kappa shape index (κ3) is 4.45. The molecule has 1 aromatic carbocycles. The van der Waals surface area contributed by atoms with Gasteiger partial charge in [0.2, 0.25) is 0 Å². The van der Waals surface area contributed by atoms with Crippen molar-refractivity contribution in [3.8, 4) is 0 Å². The van der Waals surface area contributed by atoms with Crippen LogP contribution in [0.2, 0.25) is 5.02 Å². The molecule has 9 nitrogen and oxygen atoms in total. The second-order valence-corrected chi connectivity index (χ2v) is 7.90. The summed E-state index contributed by atoms with van der Waals surface area (Å²) < 4.78 is 1.49. The number of nitrogens with one attached hydrogen (secondary N) is 3. The first-order valence-electron chi connectivity index (χ1n) is 10.6. The quantitative estimate of drug-likeness (QED) is 0.564. The molecule has 4 rings (SSSR count). The Bertz CT molecular complexity index is 1280. The van der Waals surface area contributed by atoms with Crippen LogP contribution in [0.15, 0.2) is 63.5 Å². The van der Waals surface area contributed by atoms with Gasteiger partial charge in [0.05, 0.1) is 22.3 Å². The van der Waals surface area contributed by atoms with Crippen LogP contribution in [0.25, 0.3) is 16.7 Å². The third-order valence-electron chi connectivity index (χ3n) is 5.29. The summed E-state index contributed by atoms with van der Waals surface area (Å²) in [5.74, 6) is 0.811. The molecule has 2 aliphatic heterocycles. The van der Waals surface area contributed by atoms with Crippen molar-refractivity contribution in [1.82, 2.24) is 25.5 Å². The summed E-state index contributed by atoms with van der Waals surface area (Å²) in [6.07, 6.45) is 11.0. The molecule has 2 aromatic rings. The SMILES string of the molecule is C/C=C\NC1N=CNC(=NC(C)c2nc3cccc(Cl)c3c(=O)n2C2=CC=CCN2)C1C=O. The Hall–Kier alpha value is -3.72. The highest BCUT2D eigenvalue weighted by atomic mass is 35.5. The molecular weight excluding hydrogens is 442 g/mol. The van der Waals surface area contributed by atoms with Crippen molar-refractivity contribution in [2.75, 3.05) is 6.54 Å². The van der Waals surface area contributed by atoms with Gasteiger partial charge in [-0.05, 0) is 38.3 Å². The number of halogens is 1. The lowest BCUT2D eigenvalue weighted by molar-refractivity contribution is -0.110. The molecule has 10 heteroatoms. The highest BCUT2D eigenvalue weighted by molar-refractivity contribution is 6.35. The Kier molecular flexibility index (Phi) is 6.69. The number of carbonyl (C=O) groups is 1. The van der Waals surface area contributed by atoms with Gasteiger partial charge in [-0.25, -0.2) is 14.5 Å². The number of allylic oxidation sites excluding steroid dienone is 3. The maximum Gasteiger partial charge on any atom is 0.268 e. The summed E-state index contributed by atoms with van der Waals surface area (Å²) in [5, 5.41) is 9.92. The number of amidine groups is 1. The number of aromatic nitrogens is 2. The number of hydrogen-bond donors (Lipinski definition) is 3. The van der Waals surface area contributed by atoms with Crippen molar-refractivity contribution in [2.45, 2.75) is 26.1 Å². The maximum atomic E-state index is 13.5. The molecule has 0 fully saturated rings. The zero-order chi connectivity index (χ0) is 23.4. The van der Waals surface area contributed by atoms with E-state index in [-0.39, 0.29) is 5.56 Å². The number of nitrogens with zero attached hydrogens (tertiary/aromatic N) is 4. The first-order valence-corrected chi connectivity index (χ1v) is 10.9. The number of carbonyl (C=O) groups excluding carboxylic acids is 1. The third-order valence-corrected chi connectivity index (χ3v) is 5.61. The van der Waals surface area contributed by atoms with Crippen LogP contribution in [0.4, 0.5) is 0 Å². The average molecular weight is 466 g/mol. The molecule has 0 amide bonds. The van der Waals surface area contributed by atoms with E-state index in [9.17, 15) is 9.59 Å². The van der Waals surface area contributed by atoms with Crippen LogP contribution >= 0.6 is 11.6 Å².